The van der Waals surface area contributed by atoms with Gasteiger partial charge in [-0.05, 0) is 50.2 Å². The molecular formula is C24H27N3O6. The molecule has 4 rings (SSSR count). The fourth-order valence-corrected chi connectivity index (χ4v) is 4.41. The number of methoxy groups -OCH3 is 2. The van der Waals surface area contributed by atoms with Crippen LogP contribution in [0.2, 0.25) is 0 Å². The number of benzene rings is 2. The number of ether oxygens (including phenoxy) is 2. The SMILES string of the molecule is COc1ccc(N2C(=O)CC(N3CCC(C(=O)Nc4ccccc4O)CC3)C2=O)c(OC)c1. The Hall–Kier alpha value is -3.59. The summed E-state index contributed by atoms with van der Waals surface area (Å²) in [5, 5.41) is 12.6. The fraction of sp³-hybridized carbons (Fsp3) is 0.375. The zero-order valence-corrected chi connectivity index (χ0v) is 18.6. The average molecular weight is 453 g/mol. The highest BCUT2D eigenvalue weighted by atomic mass is 16.5. The summed E-state index contributed by atoms with van der Waals surface area (Å²) in [6.07, 6.45) is 1.20. The molecule has 1 atom stereocenters. The molecule has 2 heterocycles. The third-order valence-electron chi connectivity index (χ3n) is 6.25. The summed E-state index contributed by atoms with van der Waals surface area (Å²) in [7, 11) is 3.01. The second-order valence-corrected chi connectivity index (χ2v) is 8.14. The molecule has 2 aliphatic rings. The van der Waals surface area contributed by atoms with Crippen LogP contribution >= 0.6 is 0 Å². The maximum absolute atomic E-state index is 13.2. The minimum absolute atomic E-state index is 0.0207. The number of nitrogens with zero attached hydrogens (tertiary/aromatic N) is 2. The highest BCUT2D eigenvalue weighted by Gasteiger charge is 2.44. The smallest absolute Gasteiger partial charge is 0.251 e. The Labute approximate surface area is 191 Å². The molecule has 2 aromatic rings. The summed E-state index contributed by atoms with van der Waals surface area (Å²) in [5.74, 6) is 0.00735. The highest BCUT2D eigenvalue weighted by Crippen LogP contribution is 2.36. The van der Waals surface area contributed by atoms with Gasteiger partial charge in [-0.3, -0.25) is 19.3 Å². The van der Waals surface area contributed by atoms with Crippen LogP contribution < -0.4 is 19.7 Å². The van der Waals surface area contributed by atoms with Gasteiger partial charge in [0.1, 0.15) is 17.2 Å². The number of hydrogen-bond donors (Lipinski definition) is 2. The first-order chi connectivity index (χ1) is 15.9. The Balaban J connectivity index is 1.40. The van der Waals surface area contributed by atoms with Crippen molar-refractivity contribution in [1.29, 1.82) is 0 Å². The Morgan fingerprint density at radius 3 is 2.45 bits per heavy atom. The van der Waals surface area contributed by atoms with Crippen LogP contribution in [0.25, 0.3) is 0 Å². The van der Waals surface area contributed by atoms with E-state index in [1.54, 1.807) is 36.4 Å². The van der Waals surface area contributed by atoms with Crippen molar-refractivity contribution in [2.24, 2.45) is 5.92 Å². The number of likely N-dealkylation sites (tertiary alicyclic amines) is 1. The van der Waals surface area contributed by atoms with Crippen LogP contribution in [0, 0.1) is 5.92 Å². The van der Waals surface area contributed by atoms with Gasteiger partial charge in [-0.2, -0.15) is 0 Å². The molecule has 0 spiro atoms. The number of rotatable bonds is 6. The van der Waals surface area contributed by atoms with Crippen LogP contribution in [-0.2, 0) is 14.4 Å². The van der Waals surface area contributed by atoms with Crippen molar-refractivity contribution in [3.05, 3.63) is 42.5 Å². The number of para-hydroxylation sites is 2. The lowest BCUT2D eigenvalue weighted by Crippen LogP contribution is -2.47. The van der Waals surface area contributed by atoms with E-state index in [4.69, 9.17) is 9.47 Å². The van der Waals surface area contributed by atoms with Gasteiger partial charge in [-0.25, -0.2) is 4.90 Å². The summed E-state index contributed by atoms with van der Waals surface area (Å²) >= 11 is 0. The van der Waals surface area contributed by atoms with Crippen LogP contribution in [0.5, 0.6) is 17.2 Å². The first-order valence-electron chi connectivity index (χ1n) is 10.8. The van der Waals surface area contributed by atoms with Crippen LogP contribution in [0.1, 0.15) is 19.3 Å². The van der Waals surface area contributed by atoms with E-state index in [0.717, 1.165) is 0 Å². The van der Waals surface area contributed by atoms with E-state index in [-0.39, 0.29) is 35.8 Å². The molecule has 2 N–H and O–H groups in total. The molecule has 2 fully saturated rings. The maximum atomic E-state index is 13.2. The summed E-state index contributed by atoms with van der Waals surface area (Å²) in [6.45, 7) is 1.05. The van der Waals surface area contributed by atoms with Crippen LogP contribution in [-0.4, -0.2) is 61.1 Å². The van der Waals surface area contributed by atoms with E-state index in [1.807, 2.05) is 4.90 Å². The van der Waals surface area contributed by atoms with Gasteiger partial charge in [0, 0.05) is 12.0 Å². The quantitative estimate of drug-likeness (QED) is 0.511. The standard InChI is InChI=1S/C24H27N3O6/c1-32-16-7-8-18(21(13-16)33-2)27-22(29)14-19(24(27)31)26-11-9-15(10-12-26)23(30)25-17-5-3-4-6-20(17)28/h3-8,13,15,19,28H,9-12,14H2,1-2H3,(H,25,30). The molecule has 2 aliphatic heterocycles. The summed E-state index contributed by atoms with van der Waals surface area (Å²) in [4.78, 5) is 41.8. The van der Waals surface area contributed by atoms with Gasteiger partial charge in [0.05, 0.1) is 38.1 Å². The predicted molar refractivity (Wildman–Crippen MR) is 121 cm³/mol. The van der Waals surface area contributed by atoms with Crippen molar-refractivity contribution in [1.82, 2.24) is 4.90 Å². The van der Waals surface area contributed by atoms with Crippen molar-refractivity contribution in [3.8, 4) is 17.2 Å². The zero-order valence-electron chi connectivity index (χ0n) is 18.6. The number of carbonyl (C=O) groups excluding carboxylic acids is 3. The lowest BCUT2D eigenvalue weighted by Gasteiger charge is -2.34. The number of phenolic OH excluding ortho intramolecular Hbond substituents is 1. The first kappa shape index (κ1) is 22.6. The second-order valence-electron chi connectivity index (χ2n) is 8.14. The molecule has 0 radical (unpaired) electrons. The van der Waals surface area contributed by atoms with Crippen molar-refractivity contribution in [2.45, 2.75) is 25.3 Å². The third-order valence-corrected chi connectivity index (χ3v) is 6.25. The summed E-state index contributed by atoms with van der Waals surface area (Å²) < 4.78 is 10.6. The van der Waals surface area contributed by atoms with Crippen LogP contribution in [0.15, 0.2) is 42.5 Å². The molecule has 2 saturated heterocycles. The van der Waals surface area contributed by atoms with E-state index in [0.29, 0.717) is 48.8 Å². The highest BCUT2D eigenvalue weighted by molar-refractivity contribution is 6.23. The summed E-state index contributed by atoms with van der Waals surface area (Å²) in [5.41, 5.74) is 0.776. The van der Waals surface area contributed by atoms with Crippen molar-refractivity contribution >= 4 is 29.1 Å². The van der Waals surface area contributed by atoms with E-state index in [1.165, 1.54) is 25.2 Å². The largest absolute Gasteiger partial charge is 0.506 e. The van der Waals surface area contributed by atoms with Gasteiger partial charge in [-0.1, -0.05) is 12.1 Å². The van der Waals surface area contributed by atoms with Crippen molar-refractivity contribution < 1.29 is 29.0 Å². The Bertz CT molecular complexity index is 1060. The van der Waals surface area contributed by atoms with E-state index in [9.17, 15) is 19.5 Å². The van der Waals surface area contributed by atoms with E-state index in [2.05, 4.69) is 5.32 Å². The monoisotopic (exact) mass is 453 g/mol. The molecular weight excluding hydrogens is 426 g/mol. The molecule has 1 unspecified atom stereocenters. The molecule has 3 amide bonds. The first-order valence-corrected chi connectivity index (χ1v) is 10.8. The topological polar surface area (TPSA) is 108 Å². The van der Waals surface area contributed by atoms with Gasteiger partial charge in [0.15, 0.2) is 0 Å². The minimum Gasteiger partial charge on any atom is -0.506 e. The maximum Gasteiger partial charge on any atom is 0.251 e. The molecule has 9 nitrogen and oxygen atoms in total. The summed E-state index contributed by atoms with van der Waals surface area (Å²) in [6, 6.07) is 11.0. The molecule has 0 aromatic heterocycles. The van der Waals surface area contributed by atoms with Crippen molar-refractivity contribution in [2.75, 3.05) is 37.5 Å². The van der Waals surface area contributed by atoms with Crippen molar-refractivity contribution in [3.63, 3.8) is 0 Å². The average Bonchev–Trinajstić information content (AvgIpc) is 3.13. The third kappa shape index (κ3) is 4.49. The van der Waals surface area contributed by atoms with Gasteiger partial charge in [-0.15, -0.1) is 0 Å². The number of anilines is 2. The lowest BCUT2D eigenvalue weighted by atomic mass is 9.94. The Morgan fingerprint density at radius 2 is 1.79 bits per heavy atom. The number of nitrogens with one attached hydrogen (secondary N) is 1. The van der Waals surface area contributed by atoms with Crippen LogP contribution in [0.3, 0.4) is 0 Å². The predicted octanol–water partition coefficient (Wildman–Crippen LogP) is 2.39. The van der Waals surface area contributed by atoms with E-state index >= 15 is 0 Å². The number of hydrogen-bond acceptors (Lipinski definition) is 7. The van der Waals surface area contributed by atoms with Gasteiger partial charge >= 0.3 is 0 Å². The molecule has 174 valence electrons. The molecule has 9 heteroatoms. The number of phenols is 1. The lowest BCUT2D eigenvalue weighted by molar-refractivity contribution is -0.123. The normalized spacial score (nSPS) is 19.6. The molecule has 0 bridgehead atoms. The van der Waals surface area contributed by atoms with E-state index < -0.39 is 6.04 Å². The Morgan fingerprint density at radius 1 is 1.06 bits per heavy atom. The number of aromatic hydroxyl groups is 1. The molecule has 33 heavy (non-hydrogen) atoms. The number of imide groups is 1. The number of piperidine rings is 1. The zero-order chi connectivity index (χ0) is 23.5. The molecule has 2 aromatic carbocycles. The second kappa shape index (κ2) is 9.50. The molecule has 0 aliphatic carbocycles. The number of amides is 3. The fourth-order valence-electron chi connectivity index (χ4n) is 4.41. The minimum atomic E-state index is -0.563. The molecule has 0 saturated carbocycles. The van der Waals surface area contributed by atoms with Gasteiger partial charge in [0.2, 0.25) is 11.8 Å². The van der Waals surface area contributed by atoms with Gasteiger partial charge in [0.25, 0.3) is 5.91 Å². The Kier molecular flexibility index (Phi) is 6.50. The van der Waals surface area contributed by atoms with Gasteiger partial charge < -0.3 is 19.9 Å². The van der Waals surface area contributed by atoms with Crippen LogP contribution in [0.4, 0.5) is 11.4 Å². The number of carbonyl (C=O) groups is 3.